The predicted molar refractivity (Wildman–Crippen MR) is 154 cm³/mol. The molecule has 1 atom stereocenters. The fraction of sp³-hybridized carbons (Fsp3) is 0.290. The third-order valence-electron chi connectivity index (χ3n) is 7.94. The van der Waals surface area contributed by atoms with Crippen molar-refractivity contribution < 1.29 is 23.1 Å². The van der Waals surface area contributed by atoms with E-state index in [1.165, 1.54) is 10.6 Å². The summed E-state index contributed by atoms with van der Waals surface area (Å²) < 4.78 is 45.8. The highest BCUT2D eigenvalue weighted by Gasteiger charge is 2.36. The first-order valence-electron chi connectivity index (χ1n) is 13.6. The van der Waals surface area contributed by atoms with Crippen molar-refractivity contribution in [2.75, 3.05) is 11.9 Å². The third-order valence-corrected chi connectivity index (χ3v) is 8.85. The van der Waals surface area contributed by atoms with Crippen molar-refractivity contribution in [1.82, 2.24) is 9.29 Å². The van der Waals surface area contributed by atoms with Gasteiger partial charge in [-0.05, 0) is 64.4 Å². The Morgan fingerprint density at radius 2 is 1.78 bits per heavy atom. The third kappa shape index (κ3) is 5.22. The number of nitrogens with zero attached hydrogens (tertiary/aromatic N) is 1. The highest BCUT2D eigenvalue weighted by atomic mass is 32.2. The largest absolute Gasteiger partial charge is 0.480 e. The van der Waals surface area contributed by atoms with Crippen molar-refractivity contribution in [3.8, 4) is 11.1 Å². The molecule has 212 valence electrons. The lowest BCUT2D eigenvalue weighted by Crippen LogP contribution is -2.42. The van der Waals surface area contributed by atoms with Crippen molar-refractivity contribution in [2.24, 2.45) is 0 Å². The van der Waals surface area contributed by atoms with Crippen LogP contribution in [-0.2, 0) is 17.4 Å². The molecule has 1 fully saturated rings. The molecule has 1 aliphatic carbocycles. The Kier molecular flexibility index (Phi) is 7.29. The van der Waals surface area contributed by atoms with Crippen LogP contribution in [0.4, 0.5) is 18.9 Å². The number of alkyl halides is 3. The van der Waals surface area contributed by atoms with Crippen molar-refractivity contribution in [3.05, 3.63) is 93.8 Å². The number of aromatic nitrogens is 1. The zero-order valence-corrected chi connectivity index (χ0v) is 22.8. The highest BCUT2D eigenvalue weighted by Crippen LogP contribution is 2.42. The first kappa shape index (κ1) is 27.4. The molecule has 6 nitrogen and oxygen atoms in total. The van der Waals surface area contributed by atoms with E-state index in [0.29, 0.717) is 16.2 Å². The molecule has 3 aromatic carbocycles. The molecule has 3 N–H and O–H groups in total. The molecule has 1 aliphatic heterocycles. The molecule has 0 saturated heterocycles. The lowest BCUT2D eigenvalue weighted by atomic mass is 9.91. The maximum absolute atomic E-state index is 14.2. The lowest BCUT2D eigenvalue weighted by Gasteiger charge is -2.31. The quantitative estimate of drug-likeness (QED) is 0.216. The Hall–Kier alpha value is -3.76. The number of halogens is 3. The zero-order valence-electron chi connectivity index (χ0n) is 22.0. The Balaban J connectivity index is 1.67. The van der Waals surface area contributed by atoms with Gasteiger partial charge in [0.05, 0.1) is 5.56 Å². The van der Waals surface area contributed by atoms with Gasteiger partial charge in [0.2, 0.25) is 0 Å². The van der Waals surface area contributed by atoms with E-state index in [2.05, 4.69) is 10.0 Å². The number of hydrogen-bond acceptors (Lipinski definition) is 5. The summed E-state index contributed by atoms with van der Waals surface area (Å²) in [6.07, 6.45) is -0.596. The van der Waals surface area contributed by atoms with Gasteiger partial charge >= 0.3 is 12.1 Å². The molecular weight excluding hydrogens is 551 g/mol. The van der Waals surface area contributed by atoms with Crippen LogP contribution in [0, 0.1) is 0 Å². The number of hydrogen-bond donors (Lipinski definition) is 3. The van der Waals surface area contributed by atoms with E-state index >= 15 is 0 Å². The first-order chi connectivity index (χ1) is 19.7. The van der Waals surface area contributed by atoms with E-state index in [1.54, 1.807) is 6.07 Å². The zero-order chi connectivity index (χ0) is 28.7. The van der Waals surface area contributed by atoms with Crippen LogP contribution in [-0.4, -0.2) is 28.2 Å². The fourth-order valence-electron chi connectivity index (χ4n) is 5.96. The number of carboxylic acid groups (broad SMARTS) is 1. The van der Waals surface area contributed by atoms with Crippen LogP contribution in [0.3, 0.4) is 0 Å². The number of nitrogens with one attached hydrogen (secondary N) is 2. The van der Waals surface area contributed by atoms with Crippen LogP contribution in [0.25, 0.3) is 21.9 Å². The van der Waals surface area contributed by atoms with E-state index in [1.807, 2.05) is 42.5 Å². The summed E-state index contributed by atoms with van der Waals surface area (Å²) in [5.74, 6) is -1.19. The number of pyridine rings is 1. The van der Waals surface area contributed by atoms with Gasteiger partial charge in [0.25, 0.3) is 5.56 Å². The smallest absolute Gasteiger partial charge is 0.416 e. The molecule has 2 heterocycles. The van der Waals surface area contributed by atoms with Gasteiger partial charge in [-0.25, -0.2) is 4.79 Å². The van der Waals surface area contributed by atoms with E-state index < -0.39 is 29.3 Å². The Bertz CT molecular complexity index is 1690. The van der Waals surface area contributed by atoms with Gasteiger partial charge in [-0.2, -0.15) is 13.2 Å². The monoisotopic (exact) mass is 579 g/mol. The number of carbonyl (C=O) groups is 1. The summed E-state index contributed by atoms with van der Waals surface area (Å²) in [5, 5.41) is 15.7. The molecule has 2 aliphatic rings. The molecule has 0 spiro atoms. The number of benzene rings is 3. The minimum atomic E-state index is -4.57. The average Bonchev–Trinajstić information content (AvgIpc) is 3.48. The molecule has 6 rings (SSSR count). The molecule has 1 aromatic heterocycles. The minimum Gasteiger partial charge on any atom is -0.480 e. The van der Waals surface area contributed by atoms with Crippen molar-refractivity contribution >= 4 is 34.4 Å². The second kappa shape index (κ2) is 10.9. The number of carboxylic acids is 1. The summed E-state index contributed by atoms with van der Waals surface area (Å²) >= 11 is 1.08. The predicted octanol–water partition coefficient (Wildman–Crippen LogP) is 6.87. The van der Waals surface area contributed by atoms with E-state index in [4.69, 9.17) is 0 Å². The van der Waals surface area contributed by atoms with Crippen LogP contribution in [0.1, 0.15) is 48.4 Å². The number of fused-ring (bicyclic) bond motifs is 2. The van der Waals surface area contributed by atoms with E-state index in [0.717, 1.165) is 66.1 Å². The Morgan fingerprint density at radius 3 is 2.54 bits per heavy atom. The van der Waals surface area contributed by atoms with E-state index in [9.17, 15) is 27.9 Å². The normalized spacial score (nSPS) is 17.5. The van der Waals surface area contributed by atoms with Gasteiger partial charge in [-0.1, -0.05) is 67.4 Å². The highest BCUT2D eigenvalue weighted by molar-refractivity contribution is 7.97. The second-order valence-corrected chi connectivity index (χ2v) is 11.4. The SMILES string of the molecule is O=C(O)C1CNSc2c(-c3cccc(C(F)(F)F)c3)c(Cc3cccc4ccccc34)c(NC3CCCC3)c(=O)n21. The summed E-state index contributed by atoms with van der Waals surface area (Å²) in [6, 6.07) is 17.5. The van der Waals surface area contributed by atoms with Crippen LogP contribution < -0.4 is 15.6 Å². The van der Waals surface area contributed by atoms with Gasteiger partial charge in [0.15, 0.2) is 0 Å². The lowest BCUT2D eigenvalue weighted by molar-refractivity contribution is -0.141. The number of anilines is 1. The van der Waals surface area contributed by atoms with Crippen molar-refractivity contribution in [1.29, 1.82) is 0 Å². The van der Waals surface area contributed by atoms with Gasteiger partial charge in [-0.15, -0.1) is 0 Å². The average molecular weight is 580 g/mol. The minimum absolute atomic E-state index is 0.000472. The summed E-state index contributed by atoms with van der Waals surface area (Å²) in [4.78, 5) is 26.5. The molecule has 0 bridgehead atoms. The standard InChI is InChI=1S/C31H28F3N3O3S/c32-31(33,34)21-11-6-10-20(15-21)26-24(16-19-9-5-8-18-7-1-4-14-23(18)19)27(36-22-12-2-3-13-22)28(38)37-25(30(39)40)17-35-41-29(26)37/h1,4-11,14-15,22,25,35-36H,2-3,12-13,16-17H2,(H,39,40). The maximum Gasteiger partial charge on any atom is 0.416 e. The van der Waals surface area contributed by atoms with Crippen LogP contribution in [0.2, 0.25) is 0 Å². The summed E-state index contributed by atoms with van der Waals surface area (Å²) in [5.41, 5.74) is 1.14. The van der Waals surface area contributed by atoms with Crippen LogP contribution >= 0.6 is 11.9 Å². The Labute approximate surface area is 238 Å². The summed E-state index contributed by atoms with van der Waals surface area (Å²) in [7, 11) is 0. The number of rotatable bonds is 6. The Morgan fingerprint density at radius 1 is 1.05 bits per heavy atom. The first-order valence-corrected chi connectivity index (χ1v) is 14.4. The molecule has 10 heteroatoms. The molecule has 41 heavy (non-hydrogen) atoms. The van der Waals surface area contributed by atoms with Gasteiger partial charge in [0, 0.05) is 24.6 Å². The molecule has 4 aromatic rings. The van der Waals surface area contributed by atoms with Gasteiger partial charge in [-0.3, -0.25) is 14.1 Å². The topological polar surface area (TPSA) is 83.4 Å². The van der Waals surface area contributed by atoms with Crippen LogP contribution in [0.15, 0.2) is 76.6 Å². The second-order valence-electron chi connectivity index (χ2n) is 10.5. The van der Waals surface area contributed by atoms with Gasteiger partial charge in [0.1, 0.15) is 16.8 Å². The molecule has 1 saturated carbocycles. The van der Waals surface area contributed by atoms with E-state index in [-0.39, 0.29) is 30.3 Å². The number of aliphatic carboxylic acids is 1. The van der Waals surface area contributed by atoms with Crippen molar-refractivity contribution in [3.63, 3.8) is 0 Å². The van der Waals surface area contributed by atoms with Crippen molar-refractivity contribution in [2.45, 2.75) is 55.4 Å². The molecule has 0 radical (unpaired) electrons. The van der Waals surface area contributed by atoms with Crippen LogP contribution in [0.5, 0.6) is 0 Å². The molecule has 0 amide bonds. The van der Waals surface area contributed by atoms with Gasteiger partial charge < -0.3 is 10.4 Å². The fourth-order valence-corrected chi connectivity index (χ4v) is 6.99. The molecular formula is C31H28F3N3O3S. The maximum atomic E-state index is 14.2. The molecule has 1 unspecified atom stereocenters. The summed E-state index contributed by atoms with van der Waals surface area (Å²) in [6.45, 7) is 0.000472.